The second-order valence-electron chi connectivity index (χ2n) is 9.25. The third kappa shape index (κ3) is 3.83. The Balaban J connectivity index is 1.41. The minimum absolute atomic E-state index is 0.0131. The molecule has 4 aliphatic carbocycles. The Morgan fingerprint density at radius 2 is 1.59 bits per heavy atom. The van der Waals surface area contributed by atoms with Crippen molar-refractivity contribution in [2.75, 3.05) is 0 Å². The average molecular weight is 370 g/mol. The van der Waals surface area contributed by atoms with Gasteiger partial charge < -0.3 is 16.4 Å². The van der Waals surface area contributed by atoms with Crippen molar-refractivity contribution in [2.45, 2.75) is 64.0 Å². The van der Waals surface area contributed by atoms with E-state index >= 15 is 0 Å². The normalized spacial score (nSPS) is 33.3. The molecule has 4 bridgehead atoms. The van der Waals surface area contributed by atoms with Crippen LogP contribution in [0, 0.1) is 23.2 Å². The van der Waals surface area contributed by atoms with Gasteiger partial charge in [-0.05, 0) is 74.2 Å². The van der Waals surface area contributed by atoms with Crippen molar-refractivity contribution in [2.24, 2.45) is 28.9 Å². The predicted molar refractivity (Wildman–Crippen MR) is 105 cm³/mol. The fourth-order valence-corrected chi connectivity index (χ4v) is 6.46. The number of nitrogens with one attached hydrogen (secondary N) is 2. The molecule has 4 N–H and O–H groups in total. The summed E-state index contributed by atoms with van der Waals surface area (Å²) in [6.45, 7) is 2.18. The molecule has 4 saturated carbocycles. The summed E-state index contributed by atoms with van der Waals surface area (Å²) < 4.78 is 0. The minimum atomic E-state index is -0.606. The van der Waals surface area contributed by atoms with E-state index < -0.39 is 12.1 Å². The predicted octanol–water partition coefficient (Wildman–Crippen LogP) is 3.51. The summed E-state index contributed by atoms with van der Waals surface area (Å²) in [6.07, 6.45) is 8.21. The summed E-state index contributed by atoms with van der Waals surface area (Å²) in [5.41, 5.74) is 6.51. The van der Waals surface area contributed by atoms with Crippen LogP contribution in [0.4, 0.5) is 4.79 Å². The number of urea groups is 1. The quantitative estimate of drug-likeness (QED) is 0.717. The number of nitrogens with two attached hydrogens (primary N) is 1. The molecule has 2 atom stereocenters. The molecule has 0 aliphatic heterocycles. The van der Waals surface area contributed by atoms with Gasteiger partial charge >= 0.3 is 6.03 Å². The Bertz CT molecular complexity index is 667. The summed E-state index contributed by atoms with van der Waals surface area (Å²) >= 11 is 0. The van der Waals surface area contributed by atoms with Crippen molar-refractivity contribution >= 4 is 11.9 Å². The van der Waals surface area contributed by atoms with Crippen LogP contribution >= 0.6 is 0 Å². The van der Waals surface area contributed by atoms with E-state index in [2.05, 4.69) is 17.6 Å². The Hall–Kier alpha value is -2.04. The number of primary amides is 1. The number of carbonyl (C=O) groups is 2. The first-order chi connectivity index (χ1) is 12.9. The van der Waals surface area contributed by atoms with E-state index in [0.717, 1.165) is 23.3 Å². The largest absolute Gasteiger partial charge is 0.353 e. The molecule has 146 valence electrons. The summed E-state index contributed by atoms with van der Waals surface area (Å²) in [6, 6.07) is 8.73. The van der Waals surface area contributed by atoms with Gasteiger partial charge in [-0.1, -0.05) is 30.3 Å². The molecule has 5 nitrogen and oxygen atoms in total. The number of rotatable bonds is 6. The minimum Gasteiger partial charge on any atom is -0.353 e. The zero-order valence-corrected chi connectivity index (χ0v) is 16.1. The van der Waals surface area contributed by atoms with Gasteiger partial charge in [0.2, 0.25) is 5.91 Å². The van der Waals surface area contributed by atoms with Gasteiger partial charge in [0, 0.05) is 6.04 Å². The van der Waals surface area contributed by atoms with Gasteiger partial charge in [0.15, 0.2) is 0 Å². The molecule has 1 aromatic rings. The van der Waals surface area contributed by atoms with Crippen molar-refractivity contribution < 1.29 is 9.59 Å². The van der Waals surface area contributed by atoms with Gasteiger partial charge in [-0.15, -0.1) is 0 Å². The third-order valence-corrected chi connectivity index (χ3v) is 7.29. The van der Waals surface area contributed by atoms with Crippen LogP contribution in [0.5, 0.6) is 0 Å². The maximum atomic E-state index is 12.8. The monoisotopic (exact) mass is 369 g/mol. The van der Waals surface area contributed by atoms with Gasteiger partial charge in [-0.2, -0.15) is 0 Å². The lowest BCUT2D eigenvalue weighted by Gasteiger charge is -2.59. The molecule has 27 heavy (non-hydrogen) atoms. The van der Waals surface area contributed by atoms with E-state index in [1.165, 1.54) is 38.5 Å². The van der Waals surface area contributed by atoms with Crippen molar-refractivity contribution in [3.63, 3.8) is 0 Å². The Morgan fingerprint density at radius 1 is 1.04 bits per heavy atom. The lowest BCUT2D eigenvalue weighted by atomic mass is 9.48. The molecule has 0 radical (unpaired) electrons. The van der Waals surface area contributed by atoms with Crippen LogP contribution in [0.3, 0.4) is 0 Å². The van der Waals surface area contributed by atoms with E-state index in [9.17, 15) is 9.59 Å². The smallest absolute Gasteiger partial charge is 0.312 e. The molecule has 5 rings (SSSR count). The lowest BCUT2D eigenvalue weighted by molar-refractivity contribution is -0.126. The summed E-state index contributed by atoms with van der Waals surface area (Å²) in [5.74, 6) is 2.58. The Kier molecular flexibility index (Phi) is 4.87. The first-order valence-electron chi connectivity index (χ1n) is 10.3. The zero-order valence-electron chi connectivity index (χ0n) is 16.1. The number of hydrogen-bond donors (Lipinski definition) is 3. The third-order valence-electron chi connectivity index (χ3n) is 7.29. The number of carbonyl (C=O) groups excluding carboxylic acids is 2. The molecule has 1 aromatic carbocycles. The van der Waals surface area contributed by atoms with Crippen LogP contribution < -0.4 is 16.4 Å². The van der Waals surface area contributed by atoms with Gasteiger partial charge in [0.05, 0.1) is 12.5 Å². The highest BCUT2D eigenvalue weighted by Gasteiger charge is 2.53. The summed E-state index contributed by atoms with van der Waals surface area (Å²) in [5, 5.41) is 5.99. The summed E-state index contributed by atoms with van der Waals surface area (Å²) in [4.78, 5) is 24.2. The van der Waals surface area contributed by atoms with Gasteiger partial charge in [-0.3, -0.25) is 4.79 Å². The van der Waals surface area contributed by atoms with Gasteiger partial charge in [0.1, 0.15) is 0 Å². The molecule has 3 amide bonds. The number of amides is 3. The molecule has 4 fully saturated rings. The maximum absolute atomic E-state index is 12.8. The highest BCUT2D eigenvalue weighted by atomic mass is 16.2. The van der Waals surface area contributed by atoms with Crippen molar-refractivity contribution in [3.05, 3.63) is 35.9 Å². The average Bonchev–Trinajstić information content (AvgIpc) is 2.60. The molecule has 0 unspecified atom stereocenters. The van der Waals surface area contributed by atoms with E-state index in [1.54, 1.807) is 0 Å². The fraction of sp³-hybridized carbons (Fsp3) is 0.636. The van der Waals surface area contributed by atoms with Gasteiger partial charge in [0.25, 0.3) is 0 Å². The van der Waals surface area contributed by atoms with Gasteiger partial charge in [-0.25, -0.2) is 4.79 Å². The van der Waals surface area contributed by atoms with E-state index in [0.29, 0.717) is 0 Å². The van der Waals surface area contributed by atoms with E-state index in [4.69, 9.17) is 5.73 Å². The van der Waals surface area contributed by atoms with Crippen molar-refractivity contribution in [1.29, 1.82) is 0 Å². The Morgan fingerprint density at radius 3 is 2.11 bits per heavy atom. The summed E-state index contributed by atoms with van der Waals surface area (Å²) in [7, 11) is 0. The highest BCUT2D eigenvalue weighted by molar-refractivity contribution is 5.79. The molecule has 0 heterocycles. The van der Waals surface area contributed by atoms with Crippen molar-refractivity contribution in [1.82, 2.24) is 10.6 Å². The topological polar surface area (TPSA) is 84.2 Å². The van der Waals surface area contributed by atoms with Crippen LogP contribution in [0.1, 0.15) is 63.5 Å². The molecule has 0 aromatic heterocycles. The highest BCUT2D eigenvalue weighted by Crippen LogP contribution is 2.61. The molecular formula is C22H31N3O2. The first-order valence-corrected chi connectivity index (χ1v) is 10.3. The van der Waals surface area contributed by atoms with Crippen molar-refractivity contribution in [3.8, 4) is 0 Å². The zero-order chi connectivity index (χ0) is 19.0. The molecular weight excluding hydrogens is 338 g/mol. The standard InChI is InChI=1S/C22H31N3O2/c1-14(22-11-15-7-16(12-22)9-17(8-15)13-22)24-20(26)10-19(25-21(23)27)18-5-3-2-4-6-18/h2-6,14-17,19H,7-13H2,1H3,(H,24,26)(H3,23,25,27)/t14-,15?,16?,17?,19-,22?/m0/s1. The SMILES string of the molecule is C[C@H](NC(=O)C[C@H](NC(N)=O)c1ccccc1)C12CC3CC(CC(C3)C1)C2. The molecule has 4 aliphatic rings. The van der Waals surface area contributed by atoms with E-state index in [-0.39, 0.29) is 23.8 Å². The number of benzene rings is 1. The van der Waals surface area contributed by atoms with Crippen LogP contribution in [0.2, 0.25) is 0 Å². The fourth-order valence-electron chi connectivity index (χ4n) is 6.46. The van der Waals surface area contributed by atoms with Crippen LogP contribution in [-0.2, 0) is 4.79 Å². The van der Waals surface area contributed by atoms with Crippen LogP contribution in [0.15, 0.2) is 30.3 Å². The second kappa shape index (κ2) is 7.17. The van der Waals surface area contributed by atoms with Crippen LogP contribution in [-0.4, -0.2) is 18.0 Å². The van der Waals surface area contributed by atoms with E-state index in [1.807, 2.05) is 30.3 Å². The Labute approximate surface area is 161 Å². The maximum Gasteiger partial charge on any atom is 0.312 e. The molecule has 0 saturated heterocycles. The second-order valence-corrected chi connectivity index (χ2v) is 9.25. The van der Waals surface area contributed by atoms with Crippen LogP contribution in [0.25, 0.3) is 0 Å². The number of hydrogen-bond acceptors (Lipinski definition) is 2. The molecule has 0 spiro atoms. The lowest BCUT2D eigenvalue weighted by Crippen LogP contribution is -2.56. The molecule has 5 heteroatoms. The first kappa shape index (κ1) is 18.3.